The van der Waals surface area contributed by atoms with E-state index in [0.717, 1.165) is 43.1 Å². The van der Waals surface area contributed by atoms with E-state index in [0.29, 0.717) is 19.6 Å². The summed E-state index contributed by atoms with van der Waals surface area (Å²) >= 11 is 0. The van der Waals surface area contributed by atoms with Crippen molar-refractivity contribution < 1.29 is 9.53 Å². The van der Waals surface area contributed by atoms with Crippen LogP contribution in [0.3, 0.4) is 0 Å². The molecular formula is C19H30N4O2. The third-order valence-corrected chi connectivity index (χ3v) is 4.28. The second kappa shape index (κ2) is 10.0. The van der Waals surface area contributed by atoms with E-state index in [9.17, 15) is 4.79 Å². The summed E-state index contributed by atoms with van der Waals surface area (Å²) in [6.45, 7) is 7.59. The fourth-order valence-electron chi connectivity index (χ4n) is 2.92. The zero-order chi connectivity index (χ0) is 18.1. The summed E-state index contributed by atoms with van der Waals surface area (Å²) in [5.74, 6) is 1.03. The molecule has 1 aromatic rings. The number of likely N-dealkylation sites (tertiary alicyclic amines) is 1. The van der Waals surface area contributed by atoms with E-state index >= 15 is 0 Å². The Hall–Kier alpha value is -2.08. The predicted molar refractivity (Wildman–Crippen MR) is 100 cm³/mol. The lowest BCUT2D eigenvalue weighted by Gasteiger charge is -2.18. The number of ether oxygens (including phenoxy) is 1. The molecule has 0 saturated carbocycles. The molecule has 0 bridgehead atoms. The zero-order valence-electron chi connectivity index (χ0n) is 15.5. The van der Waals surface area contributed by atoms with Gasteiger partial charge in [0.05, 0.1) is 13.2 Å². The Bertz CT molecular complexity index is 571. The van der Waals surface area contributed by atoms with Gasteiger partial charge in [0, 0.05) is 39.2 Å². The van der Waals surface area contributed by atoms with Crippen molar-refractivity contribution in [3.05, 3.63) is 35.4 Å². The van der Waals surface area contributed by atoms with Crippen molar-refractivity contribution >= 4 is 11.9 Å². The molecule has 1 fully saturated rings. The Kier molecular flexibility index (Phi) is 7.73. The van der Waals surface area contributed by atoms with Crippen LogP contribution >= 0.6 is 0 Å². The molecule has 6 nitrogen and oxygen atoms in total. The minimum absolute atomic E-state index is 0.224. The first kappa shape index (κ1) is 19.2. The number of amides is 1. The summed E-state index contributed by atoms with van der Waals surface area (Å²) in [5, 5.41) is 6.74. The molecule has 1 unspecified atom stereocenters. The summed E-state index contributed by atoms with van der Waals surface area (Å²) in [6.07, 6.45) is 1.53. The van der Waals surface area contributed by atoms with E-state index in [1.54, 1.807) is 7.11 Å². The van der Waals surface area contributed by atoms with Crippen molar-refractivity contribution in [2.45, 2.75) is 45.9 Å². The fraction of sp³-hybridized carbons (Fsp3) is 0.579. The lowest BCUT2D eigenvalue weighted by atomic mass is 10.1. The Morgan fingerprint density at radius 3 is 2.64 bits per heavy atom. The molecule has 6 heteroatoms. The SMILES string of the molecule is CCNC(=NCc1ccc(COC)cc1)NC1CCN(C(=O)CC)C1. The molecule has 0 spiro atoms. The summed E-state index contributed by atoms with van der Waals surface area (Å²) in [6, 6.07) is 8.56. The van der Waals surface area contributed by atoms with Gasteiger partial charge < -0.3 is 20.3 Å². The van der Waals surface area contributed by atoms with Crippen LogP contribution in [0.2, 0.25) is 0 Å². The van der Waals surface area contributed by atoms with Crippen LogP contribution in [0.5, 0.6) is 0 Å². The lowest BCUT2D eigenvalue weighted by molar-refractivity contribution is -0.129. The van der Waals surface area contributed by atoms with Crippen molar-refractivity contribution in [1.29, 1.82) is 0 Å². The van der Waals surface area contributed by atoms with E-state index in [-0.39, 0.29) is 11.9 Å². The van der Waals surface area contributed by atoms with Crippen LogP contribution in [0.15, 0.2) is 29.3 Å². The highest BCUT2D eigenvalue weighted by molar-refractivity contribution is 5.80. The van der Waals surface area contributed by atoms with Gasteiger partial charge in [-0.1, -0.05) is 31.2 Å². The van der Waals surface area contributed by atoms with Crippen LogP contribution in [0, 0.1) is 0 Å². The molecule has 0 aliphatic carbocycles. The first-order valence-electron chi connectivity index (χ1n) is 9.05. The van der Waals surface area contributed by atoms with Crippen molar-refractivity contribution in [3.63, 3.8) is 0 Å². The number of nitrogens with zero attached hydrogens (tertiary/aromatic N) is 2. The van der Waals surface area contributed by atoms with Gasteiger partial charge in [0.1, 0.15) is 0 Å². The second-order valence-corrected chi connectivity index (χ2v) is 6.27. The fourth-order valence-corrected chi connectivity index (χ4v) is 2.92. The number of guanidine groups is 1. The van der Waals surface area contributed by atoms with E-state index in [1.807, 2.05) is 11.8 Å². The van der Waals surface area contributed by atoms with Gasteiger partial charge in [-0.15, -0.1) is 0 Å². The number of rotatable bonds is 7. The number of nitrogens with one attached hydrogen (secondary N) is 2. The smallest absolute Gasteiger partial charge is 0.222 e. The van der Waals surface area contributed by atoms with E-state index in [2.05, 4.69) is 46.8 Å². The van der Waals surface area contributed by atoms with Gasteiger partial charge in [-0.2, -0.15) is 0 Å². The molecule has 2 rings (SSSR count). The van der Waals surface area contributed by atoms with Crippen LogP contribution in [-0.2, 0) is 22.7 Å². The van der Waals surface area contributed by atoms with Crippen LogP contribution in [0.4, 0.5) is 0 Å². The summed E-state index contributed by atoms with van der Waals surface area (Å²) in [4.78, 5) is 18.4. The molecule has 0 aromatic heterocycles. The maximum atomic E-state index is 11.8. The van der Waals surface area contributed by atoms with Gasteiger partial charge in [0.2, 0.25) is 5.91 Å². The quantitative estimate of drug-likeness (QED) is 0.585. The largest absolute Gasteiger partial charge is 0.380 e. The highest BCUT2D eigenvalue weighted by Gasteiger charge is 2.25. The summed E-state index contributed by atoms with van der Waals surface area (Å²) < 4.78 is 5.13. The summed E-state index contributed by atoms with van der Waals surface area (Å²) in [5.41, 5.74) is 2.32. The molecule has 1 saturated heterocycles. The number of hydrogen-bond donors (Lipinski definition) is 2. The number of benzene rings is 1. The molecule has 1 aromatic carbocycles. The van der Waals surface area contributed by atoms with Gasteiger partial charge in [-0.3, -0.25) is 4.79 Å². The average Bonchev–Trinajstić information content (AvgIpc) is 3.09. The number of methoxy groups -OCH3 is 1. The van der Waals surface area contributed by atoms with Gasteiger partial charge in [-0.25, -0.2) is 4.99 Å². The third-order valence-electron chi connectivity index (χ3n) is 4.28. The monoisotopic (exact) mass is 346 g/mol. The molecule has 1 aliphatic heterocycles. The first-order valence-corrected chi connectivity index (χ1v) is 9.05. The maximum Gasteiger partial charge on any atom is 0.222 e. The van der Waals surface area contributed by atoms with Crippen molar-refractivity contribution in [2.75, 3.05) is 26.7 Å². The topological polar surface area (TPSA) is 66.0 Å². The Labute approximate surface area is 150 Å². The number of aliphatic imine (C=N–C) groups is 1. The van der Waals surface area contributed by atoms with Crippen LogP contribution in [-0.4, -0.2) is 49.6 Å². The molecule has 1 heterocycles. The second-order valence-electron chi connectivity index (χ2n) is 6.27. The van der Waals surface area contributed by atoms with Crippen LogP contribution < -0.4 is 10.6 Å². The van der Waals surface area contributed by atoms with E-state index in [1.165, 1.54) is 0 Å². The van der Waals surface area contributed by atoms with Gasteiger partial charge in [0.15, 0.2) is 5.96 Å². The highest BCUT2D eigenvalue weighted by atomic mass is 16.5. The van der Waals surface area contributed by atoms with E-state index < -0.39 is 0 Å². The molecule has 1 atom stereocenters. The van der Waals surface area contributed by atoms with Crippen LogP contribution in [0.1, 0.15) is 37.8 Å². The molecule has 2 N–H and O–H groups in total. The molecule has 1 aliphatic rings. The highest BCUT2D eigenvalue weighted by Crippen LogP contribution is 2.11. The minimum Gasteiger partial charge on any atom is -0.380 e. The van der Waals surface area contributed by atoms with Gasteiger partial charge in [0.25, 0.3) is 0 Å². The number of carbonyl (C=O) groups excluding carboxylic acids is 1. The van der Waals surface area contributed by atoms with Crippen LogP contribution in [0.25, 0.3) is 0 Å². The molecule has 1 amide bonds. The van der Waals surface area contributed by atoms with Gasteiger partial charge in [-0.05, 0) is 24.5 Å². The predicted octanol–water partition coefficient (Wildman–Crippen LogP) is 1.90. The lowest BCUT2D eigenvalue weighted by Crippen LogP contribution is -2.45. The Morgan fingerprint density at radius 2 is 2.00 bits per heavy atom. The minimum atomic E-state index is 0.224. The van der Waals surface area contributed by atoms with Gasteiger partial charge >= 0.3 is 0 Å². The summed E-state index contributed by atoms with van der Waals surface area (Å²) in [7, 11) is 1.70. The third kappa shape index (κ3) is 6.05. The Balaban J connectivity index is 1.91. The average molecular weight is 346 g/mol. The number of carbonyl (C=O) groups is 1. The zero-order valence-corrected chi connectivity index (χ0v) is 15.5. The van der Waals surface area contributed by atoms with E-state index in [4.69, 9.17) is 4.74 Å². The van der Waals surface area contributed by atoms with Crippen molar-refractivity contribution in [3.8, 4) is 0 Å². The normalized spacial score (nSPS) is 17.6. The van der Waals surface area contributed by atoms with Crippen molar-refractivity contribution in [1.82, 2.24) is 15.5 Å². The number of hydrogen-bond acceptors (Lipinski definition) is 3. The van der Waals surface area contributed by atoms with Crippen molar-refractivity contribution in [2.24, 2.45) is 4.99 Å². The maximum absolute atomic E-state index is 11.8. The molecule has 0 radical (unpaired) electrons. The Morgan fingerprint density at radius 1 is 1.28 bits per heavy atom. The standard InChI is InChI=1S/C19H30N4O2/c1-4-18(24)23-11-10-17(13-23)22-19(20-5-2)21-12-15-6-8-16(9-7-15)14-25-3/h6-9,17H,4-5,10-14H2,1-3H3,(H2,20,21,22). The molecule has 138 valence electrons. The first-order chi connectivity index (χ1) is 12.2. The molecule has 25 heavy (non-hydrogen) atoms. The molecular weight excluding hydrogens is 316 g/mol.